The van der Waals surface area contributed by atoms with Crippen molar-refractivity contribution in [1.29, 1.82) is 0 Å². The Morgan fingerprint density at radius 2 is 2.16 bits per heavy atom. The van der Waals surface area contributed by atoms with Crippen LogP contribution in [-0.4, -0.2) is 29.0 Å². The highest BCUT2D eigenvalue weighted by Crippen LogP contribution is 2.33. The Morgan fingerprint density at radius 3 is 2.68 bits per heavy atom. The van der Waals surface area contributed by atoms with Gasteiger partial charge in [-0.1, -0.05) is 20.3 Å². The Hall–Kier alpha value is -1.65. The van der Waals surface area contributed by atoms with Crippen LogP contribution in [0.2, 0.25) is 0 Å². The van der Waals surface area contributed by atoms with E-state index < -0.39 is 0 Å². The topological polar surface area (TPSA) is 66.9 Å². The minimum Gasteiger partial charge on any atom is -0.372 e. The predicted molar refractivity (Wildman–Crippen MR) is 75.0 cm³/mol. The fourth-order valence-electron chi connectivity index (χ4n) is 2.84. The van der Waals surface area contributed by atoms with E-state index in [0.29, 0.717) is 17.4 Å². The van der Waals surface area contributed by atoms with E-state index in [4.69, 9.17) is 0 Å². The maximum Gasteiger partial charge on any atom is 0.271 e. The number of nitrogens with zero attached hydrogens (tertiary/aromatic N) is 2. The molecular formula is C14H22N4O. The van der Waals surface area contributed by atoms with E-state index in [9.17, 15) is 4.79 Å². The van der Waals surface area contributed by atoms with Gasteiger partial charge in [0.25, 0.3) is 5.91 Å². The molecule has 1 aliphatic carbocycles. The van der Waals surface area contributed by atoms with Crippen LogP contribution in [0.5, 0.6) is 0 Å². The monoisotopic (exact) mass is 262 g/mol. The molecule has 0 saturated heterocycles. The third kappa shape index (κ3) is 3.03. The van der Waals surface area contributed by atoms with Crippen molar-refractivity contribution in [1.82, 2.24) is 15.3 Å². The van der Waals surface area contributed by atoms with Gasteiger partial charge in [0.15, 0.2) is 0 Å². The van der Waals surface area contributed by atoms with Crippen LogP contribution in [0, 0.1) is 11.8 Å². The number of carbonyl (C=O) groups is 1. The molecule has 2 rings (SSSR count). The second-order valence-electron chi connectivity index (χ2n) is 5.22. The molecule has 1 amide bonds. The minimum atomic E-state index is -0.122. The Labute approximate surface area is 114 Å². The van der Waals surface area contributed by atoms with E-state index >= 15 is 0 Å². The first-order valence-corrected chi connectivity index (χ1v) is 6.96. The fourth-order valence-corrected chi connectivity index (χ4v) is 2.84. The average molecular weight is 262 g/mol. The van der Waals surface area contributed by atoms with Gasteiger partial charge in [-0.3, -0.25) is 4.79 Å². The minimum absolute atomic E-state index is 0.122. The summed E-state index contributed by atoms with van der Waals surface area (Å²) in [4.78, 5) is 20.3. The molecule has 19 heavy (non-hydrogen) atoms. The Kier molecular flexibility index (Phi) is 4.35. The Balaban J connectivity index is 1.97. The summed E-state index contributed by atoms with van der Waals surface area (Å²) in [5.74, 6) is 1.81. The van der Waals surface area contributed by atoms with Gasteiger partial charge in [0, 0.05) is 13.1 Å². The van der Waals surface area contributed by atoms with E-state index in [1.165, 1.54) is 19.0 Å². The third-order valence-electron chi connectivity index (χ3n) is 4.21. The van der Waals surface area contributed by atoms with Gasteiger partial charge in [-0.05, 0) is 24.7 Å². The molecule has 1 aromatic rings. The molecule has 1 saturated carbocycles. The molecule has 0 spiro atoms. The van der Waals surface area contributed by atoms with Crippen LogP contribution >= 0.6 is 0 Å². The van der Waals surface area contributed by atoms with Crippen LogP contribution in [-0.2, 0) is 0 Å². The molecule has 1 fully saturated rings. The average Bonchev–Trinajstić information content (AvgIpc) is 2.79. The molecule has 0 aliphatic heterocycles. The molecule has 3 atom stereocenters. The number of amides is 1. The lowest BCUT2D eigenvalue weighted by Crippen LogP contribution is -2.38. The number of rotatable bonds is 4. The number of nitrogens with one attached hydrogen (secondary N) is 2. The molecule has 5 heteroatoms. The predicted octanol–water partition coefficient (Wildman–Crippen LogP) is 2.07. The van der Waals surface area contributed by atoms with E-state index in [0.717, 1.165) is 12.3 Å². The Morgan fingerprint density at radius 1 is 1.37 bits per heavy atom. The summed E-state index contributed by atoms with van der Waals surface area (Å²) in [5.41, 5.74) is 0.381. The lowest BCUT2D eigenvalue weighted by Gasteiger charge is -2.20. The van der Waals surface area contributed by atoms with Crippen molar-refractivity contribution in [3.63, 3.8) is 0 Å². The first kappa shape index (κ1) is 13.8. The zero-order chi connectivity index (χ0) is 13.8. The molecule has 0 bridgehead atoms. The van der Waals surface area contributed by atoms with E-state index in [-0.39, 0.29) is 11.9 Å². The molecular weight excluding hydrogens is 240 g/mol. The lowest BCUT2D eigenvalue weighted by atomic mass is 9.93. The summed E-state index contributed by atoms with van der Waals surface area (Å²) in [7, 11) is 1.77. The summed E-state index contributed by atoms with van der Waals surface area (Å²) in [6, 6.07) is 0.267. The summed E-state index contributed by atoms with van der Waals surface area (Å²) in [5, 5.41) is 5.97. The van der Waals surface area contributed by atoms with Crippen LogP contribution in [0.4, 0.5) is 5.82 Å². The second-order valence-corrected chi connectivity index (χ2v) is 5.22. The number of hydrogen-bond acceptors (Lipinski definition) is 4. The molecule has 1 heterocycles. The van der Waals surface area contributed by atoms with Crippen LogP contribution < -0.4 is 10.6 Å². The highest BCUT2D eigenvalue weighted by atomic mass is 16.1. The SMILES string of the molecule is CCC1CCC(NC(=O)c2cnc(NC)cn2)C1C. The summed E-state index contributed by atoms with van der Waals surface area (Å²) in [6.45, 7) is 4.44. The van der Waals surface area contributed by atoms with Crippen molar-refractivity contribution < 1.29 is 4.79 Å². The summed E-state index contributed by atoms with van der Waals surface area (Å²) in [6.07, 6.45) is 6.53. The van der Waals surface area contributed by atoms with Crippen LogP contribution in [0.3, 0.4) is 0 Å². The van der Waals surface area contributed by atoms with Crippen LogP contribution in [0.1, 0.15) is 43.6 Å². The molecule has 3 unspecified atom stereocenters. The molecule has 1 aromatic heterocycles. The maximum atomic E-state index is 12.1. The van der Waals surface area contributed by atoms with Crippen molar-refractivity contribution in [2.45, 2.75) is 39.2 Å². The van der Waals surface area contributed by atoms with Crippen molar-refractivity contribution in [3.8, 4) is 0 Å². The smallest absolute Gasteiger partial charge is 0.271 e. The van der Waals surface area contributed by atoms with Gasteiger partial charge < -0.3 is 10.6 Å². The number of hydrogen-bond donors (Lipinski definition) is 2. The van der Waals surface area contributed by atoms with Crippen molar-refractivity contribution in [2.75, 3.05) is 12.4 Å². The maximum absolute atomic E-state index is 12.1. The largest absolute Gasteiger partial charge is 0.372 e. The van der Waals surface area contributed by atoms with Crippen molar-refractivity contribution in [3.05, 3.63) is 18.1 Å². The second kappa shape index (κ2) is 5.99. The van der Waals surface area contributed by atoms with Gasteiger partial charge in [0.05, 0.1) is 12.4 Å². The number of carbonyl (C=O) groups excluding carboxylic acids is 1. The standard InChI is InChI=1S/C14H22N4O/c1-4-10-5-6-11(9(10)2)18-14(19)12-7-17-13(15-3)8-16-12/h7-11H,4-6H2,1-3H3,(H,15,17)(H,18,19). The molecule has 104 valence electrons. The summed E-state index contributed by atoms with van der Waals surface area (Å²) >= 11 is 0. The zero-order valence-electron chi connectivity index (χ0n) is 11.8. The molecule has 1 aliphatic rings. The lowest BCUT2D eigenvalue weighted by molar-refractivity contribution is 0.0921. The third-order valence-corrected chi connectivity index (χ3v) is 4.21. The number of anilines is 1. The number of aromatic nitrogens is 2. The van der Waals surface area contributed by atoms with Gasteiger partial charge in [0.1, 0.15) is 11.5 Å². The molecule has 0 radical (unpaired) electrons. The zero-order valence-corrected chi connectivity index (χ0v) is 11.8. The highest BCUT2D eigenvalue weighted by Gasteiger charge is 2.32. The summed E-state index contributed by atoms with van der Waals surface area (Å²) < 4.78 is 0. The van der Waals surface area contributed by atoms with Gasteiger partial charge in [-0.25, -0.2) is 9.97 Å². The Bertz CT molecular complexity index is 432. The van der Waals surface area contributed by atoms with E-state index in [1.807, 2.05) is 0 Å². The van der Waals surface area contributed by atoms with Gasteiger partial charge >= 0.3 is 0 Å². The van der Waals surface area contributed by atoms with E-state index in [1.54, 1.807) is 13.2 Å². The van der Waals surface area contributed by atoms with Crippen molar-refractivity contribution in [2.24, 2.45) is 11.8 Å². The van der Waals surface area contributed by atoms with Crippen LogP contribution in [0.15, 0.2) is 12.4 Å². The van der Waals surface area contributed by atoms with Gasteiger partial charge in [-0.2, -0.15) is 0 Å². The highest BCUT2D eigenvalue weighted by molar-refractivity contribution is 5.92. The van der Waals surface area contributed by atoms with Crippen molar-refractivity contribution >= 4 is 11.7 Å². The van der Waals surface area contributed by atoms with E-state index in [2.05, 4.69) is 34.4 Å². The van der Waals surface area contributed by atoms with Crippen LogP contribution in [0.25, 0.3) is 0 Å². The fraction of sp³-hybridized carbons (Fsp3) is 0.643. The van der Waals surface area contributed by atoms with Gasteiger partial charge in [-0.15, -0.1) is 0 Å². The quantitative estimate of drug-likeness (QED) is 0.871. The molecule has 5 nitrogen and oxygen atoms in total. The van der Waals surface area contributed by atoms with Gasteiger partial charge in [0.2, 0.25) is 0 Å². The molecule has 2 N–H and O–H groups in total. The first-order valence-electron chi connectivity index (χ1n) is 6.96. The normalized spacial score (nSPS) is 26.2. The molecule has 0 aromatic carbocycles. The first-order chi connectivity index (χ1) is 9.15.